The molecular formula is C3H8NbO. The van der Waals surface area contributed by atoms with Gasteiger partial charge < -0.3 is 5.11 Å². The summed E-state index contributed by atoms with van der Waals surface area (Å²) < 4.78 is 0. The summed E-state index contributed by atoms with van der Waals surface area (Å²) in [5, 5.41) is 7.88. The van der Waals surface area contributed by atoms with E-state index in [1.807, 2.05) is 6.92 Å². The first-order valence-electron chi connectivity index (χ1n) is 1.52. The zero-order valence-electron chi connectivity index (χ0n) is 3.31. The molecule has 31 valence electrons. The molecule has 0 unspecified atom stereocenters. The Labute approximate surface area is 47.9 Å². The number of aliphatic hydroxyl groups is 1. The van der Waals surface area contributed by atoms with Gasteiger partial charge in [-0.1, -0.05) is 6.92 Å². The van der Waals surface area contributed by atoms with E-state index < -0.39 is 0 Å². The van der Waals surface area contributed by atoms with Crippen LogP contribution in [0, 0.1) is 0 Å². The molecule has 0 fully saturated rings. The quantitative estimate of drug-likeness (QED) is 0.540. The molecule has 5 heavy (non-hydrogen) atoms. The van der Waals surface area contributed by atoms with Gasteiger partial charge in [-0.15, -0.1) is 0 Å². The monoisotopic (exact) mass is 153 g/mol. The molecule has 0 aliphatic rings. The van der Waals surface area contributed by atoms with E-state index in [-0.39, 0.29) is 22.4 Å². The average Bonchev–Trinajstić information content (AvgIpc) is 1.37. The molecule has 0 aromatic rings. The minimum atomic E-state index is 0. The van der Waals surface area contributed by atoms with E-state index in [2.05, 4.69) is 0 Å². The summed E-state index contributed by atoms with van der Waals surface area (Å²) in [7, 11) is 0. The largest absolute Gasteiger partial charge is 0.396 e. The van der Waals surface area contributed by atoms with Gasteiger partial charge in [0.1, 0.15) is 0 Å². The van der Waals surface area contributed by atoms with Crippen LogP contribution in [0.25, 0.3) is 0 Å². The Morgan fingerprint density at radius 3 is 1.80 bits per heavy atom. The maximum absolute atomic E-state index is 7.88. The first kappa shape index (κ1) is 9.20. The molecule has 0 saturated carbocycles. The molecule has 0 aliphatic heterocycles. The first-order chi connectivity index (χ1) is 1.91. The Balaban J connectivity index is 0. The molecule has 0 saturated heterocycles. The second kappa shape index (κ2) is 8.83. The molecule has 0 spiro atoms. The Morgan fingerprint density at radius 1 is 1.60 bits per heavy atom. The average molecular weight is 153 g/mol. The second-order valence-corrected chi connectivity index (χ2v) is 0.724. The van der Waals surface area contributed by atoms with Gasteiger partial charge in [0, 0.05) is 29.0 Å². The van der Waals surface area contributed by atoms with Crippen molar-refractivity contribution >= 4 is 0 Å². The van der Waals surface area contributed by atoms with Gasteiger partial charge in [-0.2, -0.15) is 0 Å². The molecule has 0 aromatic heterocycles. The summed E-state index contributed by atoms with van der Waals surface area (Å²) in [4.78, 5) is 0. The molecule has 0 rings (SSSR count). The van der Waals surface area contributed by atoms with Crippen molar-refractivity contribution in [1.82, 2.24) is 0 Å². The van der Waals surface area contributed by atoms with Crippen LogP contribution >= 0.6 is 0 Å². The summed E-state index contributed by atoms with van der Waals surface area (Å²) in [6, 6.07) is 0. The van der Waals surface area contributed by atoms with Crippen molar-refractivity contribution < 1.29 is 27.5 Å². The van der Waals surface area contributed by atoms with Crippen molar-refractivity contribution in [2.45, 2.75) is 13.3 Å². The second-order valence-electron chi connectivity index (χ2n) is 0.724. The maximum Gasteiger partial charge on any atom is 0.0428 e. The van der Waals surface area contributed by atoms with Crippen molar-refractivity contribution in [3.8, 4) is 0 Å². The van der Waals surface area contributed by atoms with E-state index in [1.54, 1.807) is 0 Å². The molecule has 2 heteroatoms. The van der Waals surface area contributed by atoms with E-state index in [0.29, 0.717) is 6.61 Å². The molecule has 0 aromatic carbocycles. The third kappa shape index (κ3) is 11.9. The van der Waals surface area contributed by atoms with Crippen LogP contribution in [-0.2, 0) is 22.4 Å². The van der Waals surface area contributed by atoms with Crippen molar-refractivity contribution in [3.05, 3.63) is 0 Å². The van der Waals surface area contributed by atoms with Crippen molar-refractivity contribution in [2.24, 2.45) is 0 Å². The van der Waals surface area contributed by atoms with E-state index in [0.717, 1.165) is 6.42 Å². The molecular weight excluding hydrogens is 145 g/mol. The molecule has 1 nitrogen and oxygen atoms in total. The Kier molecular flexibility index (Phi) is 16.2. The minimum absolute atomic E-state index is 0. The molecule has 0 atom stereocenters. The summed E-state index contributed by atoms with van der Waals surface area (Å²) in [5.74, 6) is 0. The predicted molar refractivity (Wildman–Crippen MR) is 17.4 cm³/mol. The van der Waals surface area contributed by atoms with Crippen LogP contribution < -0.4 is 0 Å². The summed E-state index contributed by atoms with van der Waals surface area (Å²) in [6.07, 6.45) is 0.875. The number of hydrogen-bond acceptors (Lipinski definition) is 1. The molecule has 0 bridgehead atoms. The minimum Gasteiger partial charge on any atom is -0.396 e. The van der Waals surface area contributed by atoms with Crippen molar-refractivity contribution in [1.29, 1.82) is 0 Å². The normalized spacial score (nSPS) is 6.00. The van der Waals surface area contributed by atoms with Crippen molar-refractivity contribution in [3.63, 3.8) is 0 Å². The predicted octanol–water partition coefficient (Wildman–Crippen LogP) is 0.386. The fraction of sp³-hybridized carbons (Fsp3) is 1.00. The Bertz CT molecular complexity index is 8.85. The standard InChI is InChI=1S/C3H8O.Nb/c1-2-3-4;/h4H,2-3H2,1H3;. The van der Waals surface area contributed by atoms with Gasteiger partial charge in [-0.3, -0.25) is 0 Å². The molecule has 0 amide bonds. The fourth-order valence-corrected chi connectivity index (χ4v) is 0. The zero-order valence-corrected chi connectivity index (χ0v) is 5.51. The van der Waals surface area contributed by atoms with Gasteiger partial charge in [-0.05, 0) is 6.42 Å². The number of rotatable bonds is 1. The van der Waals surface area contributed by atoms with E-state index >= 15 is 0 Å². The van der Waals surface area contributed by atoms with E-state index in [9.17, 15) is 0 Å². The summed E-state index contributed by atoms with van der Waals surface area (Å²) in [5.41, 5.74) is 0. The van der Waals surface area contributed by atoms with Gasteiger partial charge in [0.25, 0.3) is 0 Å². The van der Waals surface area contributed by atoms with Gasteiger partial charge in [0.2, 0.25) is 0 Å². The van der Waals surface area contributed by atoms with Crippen LogP contribution in [-0.4, -0.2) is 11.7 Å². The smallest absolute Gasteiger partial charge is 0.0428 e. The van der Waals surface area contributed by atoms with Crippen LogP contribution in [0.15, 0.2) is 0 Å². The number of aliphatic hydroxyl groups excluding tert-OH is 1. The number of hydrogen-bond donors (Lipinski definition) is 1. The van der Waals surface area contributed by atoms with E-state index in [4.69, 9.17) is 5.11 Å². The molecule has 1 radical (unpaired) electrons. The third-order valence-electron chi connectivity index (χ3n) is 0.224. The van der Waals surface area contributed by atoms with Crippen LogP contribution in [0.5, 0.6) is 0 Å². The zero-order chi connectivity index (χ0) is 3.41. The van der Waals surface area contributed by atoms with Crippen LogP contribution in [0.4, 0.5) is 0 Å². The summed E-state index contributed by atoms with van der Waals surface area (Å²) in [6.45, 7) is 2.25. The first-order valence-corrected chi connectivity index (χ1v) is 1.52. The maximum atomic E-state index is 7.88. The molecule has 1 N–H and O–H groups in total. The van der Waals surface area contributed by atoms with Gasteiger partial charge in [0.05, 0.1) is 0 Å². The SMILES string of the molecule is CCCO.[Nb]. The van der Waals surface area contributed by atoms with Crippen LogP contribution in [0.2, 0.25) is 0 Å². The summed E-state index contributed by atoms with van der Waals surface area (Å²) >= 11 is 0. The van der Waals surface area contributed by atoms with E-state index in [1.165, 1.54) is 0 Å². The Morgan fingerprint density at radius 2 is 1.80 bits per heavy atom. The topological polar surface area (TPSA) is 20.2 Å². The third-order valence-corrected chi connectivity index (χ3v) is 0.224. The van der Waals surface area contributed by atoms with Crippen molar-refractivity contribution in [2.75, 3.05) is 6.61 Å². The molecule has 0 aliphatic carbocycles. The van der Waals surface area contributed by atoms with Gasteiger partial charge >= 0.3 is 0 Å². The fourth-order valence-electron chi connectivity index (χ4n) is 0. The van der Waals surface area contributed by atoms with Gasteiger partial charge in [0.15, 0.2) is 0 Å². The van der Waals surface area contributed by atoms with Gasteiger partial charge in [-0.25, -0.2) is 0 Å². The molecule has 0 heterocycles. The van der Waals surface area contributed by atoms with Crippen LogP contribution in [0.3, 0.4) is 0 Å². The Hall–Kier alpha value is 0.700. The van der Waals surface area contributed by atoms with Crippen LogP contribution in [0.1, 0.15) is 13.3 Å².